The van der Waals surface area contributed by atoms with E-state index >= 15 is 0 Å². The Kier molecular flexibility index (Phi) is 11.3. The van der Waals surface area contributed by atoms with E-state index in [1.807, 2.05) is 12.2 Å². The maximum Gasteiger partial charge on any atom is 0.213 e. The first-order valence-electron chi connectivity index (χ1n) is 19.3. The summed E-state index contributed by atoms with van der Waals surface area (Å²) in [6.07, 6.45) is 8.20. The fourth-order valence-electron chi connectivity index (χ4n) is 7.40. The van der Waals surface area contributed by atoms with Crippen LogP contribution in [0.15, 0.2) is 94.2 Å². The van der Waals surface area contributed by atoms with E-state index in [0.717, 1.165) is 57.4 Å². The summed E-state index contributed by atoms with van der Waals surface area (Å²) in [4.78, 5) is 17.6. The lowest BCUT2D eigenvalue weighted by molar-refractivity contribution is 0.328. The van der Waals surface area contributed by atoms with E-state index in [4.69, 9.17) is 19.5 Å². The minimum atomic E-state index is -1.22. The first-order chi connectivity index (χ1) is 25.5. The lowest BCUT2D eigenvalue weighted by Crippen LogP contribution is -2.22. The highest BCUT2D eigenvalue weighted by Crippen LogP contribution is 2.38. The number of hydrogen-bond acceptors (Lipinski definition) is 4. The maximum absolute atomic E-state index is 6.18. The van der Waals surface area contributed by atoms with E-state index in [9.17, 15) is 0 Å². The van der Waals surface area contributed by atoms with Crippen molar-refractivity contribution in [3.05, 3.63) is 140 Å². The molecule has 0 unspecified atom stereocenters. The molecule has 6 nitrogen and oxygen atoms in total. The molecule has 0 saturated carbocycles. The normalized spacial score (nSPS) is 16.2. The predicted molar refractivity (Wildman–Crippen MR) is 235 cm³/mol. The van der Waals surface area contributed by atoms with Gasteiger partial charge in [0.25, 0.3) is 0 Å². The van der Waals surface area contributed by atoms with Crippen LogP contribution in [-0.2, 0) is 9.47 Å². The number of aliphatic imine (C=N–C) groups is 2. The summed E-state index contributed by atoms with van der Waals surface area (Å²) < 4.78 is 12.4. The molecule has 0 aliphatic carbocycles. The Bertz CT molecular complexity index is 2050. The second kappa shape index (κ2) is 15.6. The minimum absolute atomic E-state index is 0.680. The predicted octanol–water partition coefficient (Wildman–Crippen LogP) is 12.0. The first kappa shape index (κ1) is 39.0. The molecule has 0 amide bonds. The molecule has 2 aliphatic heterocycles. The smallest absolute Gasteiger partial charge is 0.213 e. The molecule has 6 rings (SSSR count). The number of nitrogens with one attached hydrogen (secondary N) is 2. The van der Waals surface area contributed by atoms with Crippen LogP contribution >= 0.6 is 0 Å². The van der Waals surface area contributed by atoms with Crippen molar-refractivity contribution >= 4 is 39.1 Å². The van der Waals surface area contributed by atoms with Crippen molar-refractivity contribution < 1.29 is 9.47 Å². The van der Waals surface area contributed by atoms with Crippen LogP contribution < -0.4 is 0 Å². The minimum Gasteiger partial charge on any atom is -0.478 e. The molecule has 0 atom stereocenters. The molecule has 2 aromatic carbocycles. The van der Waals surface area contributed by atoms with Gasteiger partial charge in [-0.25, -0.2) is 9.98 Å². The highest BCUT2D eigenvalue weighted by molar-refractivity contribution is 6.76. The Balaban J connectivity index is 1.39. The highest BCUT2D eigenvalue weighted by Gasteiger charge is 2.24. The second-order valence-electron chi connectivity index (χ2n) is 17.5. The van der Waals surface area contributed by atoms with Crippen LogP contribution in [0.1, 0.15) is 55.9 Å². The standard InChI is InChI=1S/C46H58N4O2Si2/c1-29-25-31(3)43(32(4)26-29)45(39-17-19-41(49-39)51-21-23-53(7,8)9)37-15-13-35(47-37)36-14-16-38(48-36)46(44-33(5)27-30(2)28-34(44)6)40-18-20-42(50-40)52-22-24-54(10,11)12/h13-20,25-28,47-48H,21-24H2,1-12H3/b45-39+,46-40+. The third-order valence-corrected chi connectivity index (χ3v) is 13.4. The van der Waals surface area contributed by atoms with Crippen molar-refractivity contribution in [3.63, 3.8) is 0 Å². The van der Waals surface area contributed by atoms with Gasteiger partial charge in [-0.05, 0) is 123 Å². The summed E-state index contributed by atoms with van der Waals surface area (Å²) in [5.41, 5.74) is 17.7. The van der Waals surface area contributed by atoms with Crippen molar-refractivity contribution in [1.82, 2.24) is 9.97 Å². The van der Waals surface area contributed by atoms with Gasteiger partial charge in [-0.15, -0.1) is 0 Å². The number of aromatic nitrogens is 2. The number of nitrogens with zero attached hydrogens (tertiary/aromatic N) is 2. The number of rotatable bonds is 11. The van der Waals surface area contributed by atoms with Gasteiger partial charge in [0.2, 0.25) is 11.8 Å². The lowest BCUT2D eigenvalue weighted by atomic mass is 9.90. The zero-order valence-electron chi connectivity index (χ0n) is 34.5. The number of H-pyrrole nitrogens is 2. The van der Waals surface area contributed by atoms with Crippen LogP contribution in [0, 0.1) is 41.5 Å². The van der Waals surface area contributed by atoms with Crippen molar-refractivity contribution in [2.75, 3.05) is 13.2 Å². The van der Waals surface area contributed by atoms with Crippen molar-refractivity contribution in [2.45, 2.75) is 92.9 Å². The van der Waals surface area contributed by atoms with Crippen LogP contribution in [-0.4, -0.2) is 51.1 Å². The molecule has 4 aromatic rings. The van der Waals surface area contributed by atoms with E-state index in [2.05, 4.69) is 151 Å². The molecular weight excluding hydrogens is 697 g/mol. The monoisotopic (exact) mass is 754 g/mol. The Morgan fingerprint density at radius 2 is 0.870 bits per heavy atom. The molecular formula is C46H58N4O2Si2. The first-order valence-corrected chi connectivity index (χ1v) is 26.7. The van der Waals surface area contributed by atoms with Gasteiger partial charge >= 0.3 is 0 Å². The Hall–Kier alpha value is -4.67. The lowest BCUT2D eigenvalue weighted by Gasteiger charge is -2.16. The summed E-state index contributed by atoms with van der Waals surface area (Å²) in [5.74, 6) is 1.36. The Labute approximate surface area is 325 Å². The van der Waals surface area contributed by atoms with Crippen molar-refractivity contribution in [2.24, 2.45) is 9.98 Å². The molecule has 2 aliphatic rings. The largest absolute Gasteiger partial charge is 0.478 e. The van der Waals surface area contributed by atoms with Gasteiger partial charge in [-0.2, -0.15) is 0 Å². The van der Waals surface area contributed by atoms with Gasteiger partial charge in [0.1, 0.15) is 0 Å². The topological polar surface area (TPSA) is 74.8 Å². The van der Waals surface area contributed by atoms with E-state index in [1.165, 1.54) is 44.5 Å². The molecule has 2 aromatic heterocycles. The van der Waals surface area contributed by atoms with Crippen molar-refractivity contribution in [1.29, 1.82) is 0 Å². The summed E-state index contributed by atoms with van der Waals surface area (Å²) >= 11 is 0. The van der Waals surface area contributed by atoms with Gasteiger partial charge in [0, 0.05) is 50.8 Å². The molecule has 0 fully saturated rings. The third-order valence-electron chi connectivity index (χ3n) is 10.0. The average molecular weight is 755 g/mol. The second-order valence-corrected chi connectivity index (χ2v) is 28.8. The Morgan fingerprint density at radius 1 is 0.519 bits per heavy atom. The highest BCUT2D eigenvalue weighted by atomic mass is 28.3. The van der Waals surface area contributed by atoms with Crippen molar-refractivity contribution in [3.8, 4) is 11.4 Å². The summed E-state index contributed by atoms with van der Waals surface area (Å²) in [6, 6.07) is 19.9. The van der Waals surface area contributed by atoms with Gasteiger partial charge in [-0.1, -0.05) is 74.7 Å². The fraction of sp³-hybridized carbons (Fsp3) is 0.348. The van der Waals surface area contributed by atoms with Crippen LogP contribution in [0.3, 0.4) is 0 Å². The van der Waals surface area contributed by atoms with Crippen LogP contribution in [0.4, 0.5) is 0 Å². The fourth-order valence-corrected chi connectivity index (χ4v) is 8.82. The number of aryl methyl sites for hydroxylation is 6. The number of benzene rings is 2. The average Bonchev–Trinajstić information content (AvgIpc) is 3.87. The molecule has 0 spiro atoms. The van der Waals surface area contributed by atoms with Crippen LogP contribution in [0.5, 0.6) is 0 Å². The van der Waals surface area contributed by atoms with E-state index in [-0.39, 0.29) is 0 Å². The third kappa shape index (κ3) is 9.16. The van der Waals surface area contributed by atoms with Gasteiger partial charge in [-0.3, -0.25) is 0 Å². The quantitative estimate of drug-likeness (QED) is 0.150. The van der Waals surface area contributed by atoms with Gasteiger partial charge in [0.15, 0.2) is 0 Å². The van der Waals surface area contributed by atoms with Crippen LogP contribution in [0.2, 0.25) is 51.4 Å². The molecule has 2 N–H and O–H groups in total. The number of hydrogen-bond donors (Lipinski definition) is 2. The zero-order valence-corrected chi connectivity index (χ0v) is 36.5. The Morgan fingerprint density at radius 3 is 1.20 bits per heavy atom. The maximum atomic E-state index is 6.18. The summed E-state index contributed by atoms with van der Waals surface area (Å²) in [5, 5.41) is 0. The van der Waals surface area contributed by atoms with Gasteiger partial charge < -0.3 is 19.4 Å². The zero-order chi connectivity index (χ0) is 38.9. The molecule has 0 saturated heterocycles. The van der Waals surface area contributed by atoms with E-state index in [1.54, 1.807) is 0 Å². The summed E-state index contributed by atoms with van der Waals surface area (Å²) in [7, 11) is -2.44. The molecule has 0 bridgehead atoms. The SMILES string of the molecule is Cc1cc(C)c(/C(=C2\C=CC(OCC[Si](C)(C)C)=N2)c2ccc(-c3ccc(/C(=C4/C=CC(OCC[Si](C)(C)C)=N4)c4c(C)cc(C)cc4C)[nH]3)[nH]2)c(C)c1. The molecule has 0 radical (unpaired) electrons. The van der Waals surface area contributed by atoms with E-state index in [0.29, 0.717) is 25.0 Å². The molecule has 282 valence electrons. The van der Waals surface area contributed by atoms with Gasteiger partial charge in [0.05, 0.1) is 36.0 Å². The number of aromatic amines is 2. The molecule has 54 heavy (non-hydrogen) atoms. The van der Waals surface area contributed by atoms with E-state index < -0.39 is 16.1 Å². The van der Waals surface area contributed by atoms with Crippen LogP contribution in [0.25, 0.3) is 22.5 Å². The summed E-state index contributed by atoms with van der Waals surface area (Å²) in [6.45, 7) is 28.7. The number of allylic oxidation sites excluding steroid dienone is 2. The number of ether oxygens (including phenoxy) is 2. The molecule has 4 heterocycles. The molecule has 8 heteroatoms.